The first-order valence-corrected chi connectivity index (χ1v) is 9.55. The zero-order valence-corrected chi connectivity index (χ0v) is 17.9. The van der Waals surface area contributed by atoms with E-state index >= 15 is 0 Å². The highest BCUT2D eigenvalue weighted by Gasteiger charge is 2.33. The molecule has 0 saturated heterocycles. The molecule has 0 aliphatic heterocycles. The molecule has 5 nitrogen and oxygen atoms in total. The number of rotatable bonds is 6. The number of fused-ring (bicyclic) bond motifs is 1. The molecule has 1 aromatic carbocycles. The summed E-state index contributed by atoms with van der Waals surface area (Å²) in [5, 5.41) is 0. The van der Waals surface area contributed by atoms with Crippen molar-refractivity contribution in [3.05, 3.63) is 40.5 Å². The summed E-state index contributed by atoms with van der Waals surface area (Å²) in [7, 11) is 2.94. The first kappa shape index (κ1) is 21.4. The van der Waals surface area contributed by atoms with E-state index in [9.17, 15) is 13.2 Å². The first-order valence-electron chi connectivity index (χ1n) is 8.76. The van der Waals surface area contributed by atoms with Gasteiger partial charge in [0.25, 0.3) is 0 Å². The Morgan fingerprint density at radius 2 is 1.97 bits per heavy atom. The molecule has 0 radical (unpaired) electrons. The molecule has 156 valence electrons. The van der Waals surface area contributed by atoms with E-state index in [0.717, 1.165) is 15.6 Å². The van der Waals surface area contributed by atoms with Gasteiger partial charge in [-0.25, -0.2) is 4.98 Å². The number of pyridine rings is 1. The SMILES string of the molecule is COC[C@H](C)n1cc(Br)c2nc(-c3cccc(OC(F)(F)F)c3OC)c(C)cc21. The molecule has 0 fully saturated rings. The van der Waals surface area contributed by atoms with Crippen LogP contribution in [0.5, 0.6) is 11.5 Å². The molecule has 0 aliphatic rings. The molecule has 0 amide bonds. The van der Waals surface area contributed by atoms with Gasteiger partial charge in [-0.3, -0.25) is 0 Å². The summed E-state index contributed by atoms with van der Waals surface area (Å²) >= 11 is 3.53. The van der Waals surface area contributed by atoms with Crippen LogP contribution in [0, 0.1) is 6.92 Å². The van der Waals surface area contributed by atoms with Crippen LogP contribution in [-0.2, 0) is 4.74 Å². The maximum absolute atomic E-state index is 12.8. The summed E-state index contributed by atoms with van der Waals surface area (Å²) < 4.78 is 55.7. The zero-order valence-electron chi connectivity index (χ0n) is 16.3. The van der Waals surface area contributed by atoms with Crippen molar-refractivity contribution in [2.45, 2.75) is 26.3 Å². The molecule has 9 heteroatoms. The third-order valence-corrected chi connectivity index (χ3v) is 5.08. The molecule has 29 heavy (non-hydrogen) atoms. The predicted octanol–water partition coefficient (Wildman–Crippen LogP) is 5.89. The van der Waals surface area contributed by atoms with Gasteiger partial charge in [0.05, 0.1) is 35.4 Å². The summed E-state index contributed by atoms with van der Waals surface area (Å²) in [6, 6.07) is 6.37. The molecular weight excluding hydrogens is 453 g/mol. The number of halogens is 4. The maximum atomic E-state index is 12.8. The van der Waals surface area contributed by atoms with Crippen LogP contribution in [-0.4, -0.2) is 36.7 Å². The molecule has 2 heterocycles. The molecule has 0 spiro atoms. The largest absolute Gasteiger partial charge is 0.573 e. The number of hydrogen-bond donors (Lipinski definition) is 0. The molecular formula is C20H20BrF3N2O3. The minimum absolute atomic E-state index is 0.0249. The third kappa shape index (κ3) is 4.35. The summed E-state index contributed by atoms with van der Waals surface area (Å²) in [6.07, 6.45) is -2.90. The Labute approximate surface area is 174 Å². The number of aromatic nitrogens is 2. The van der Waals surface area contributed by atoms with Crippen molar-refractivity contribution in [2.24, 2.45) is 0 Å². The lowest BCUT2D eigenvalue weighted by molar-refractivity contribution is -0.275. The van der Waals surface area contributed by atoms with E-state index < -0.39 is 12.1 Å². The van der Waals surface area contributed by atoms with Crippen LogP contribution in [0.1, 0.15) is 18.5 Å². The second-order valence-corrected chi connectivity index (χ2v) is 7.45. The van der Waals surface area contributed by atoms with Gasteiger partial charge in [0.1, 0.15) is 5.52 Å². The van der Waals surface area contributed by atoms with E-state index in [2.05, 4.69) is 20.7 Å². The third-order valence-electron chi connectivity index (χ3n) is 4.50. The number of nitrogens with zero attached hydrogens (tertiary/aromatic N) is 2. The normalized spacial score (nSPS) is 13.0. The van der Waals surface area contributed by atoms with Gasteiger partial charge in [0, 0.05) is 18.9 Å². The first-order chi connectivity index (χ1) is 13.7. The topological polar surface area (TPSA) is 45.5 Å². The average Bonchev–Trinajstić information content (AvgIpc) is 2.95. The minimum atomic E-state index is -4.82. The lowest BCUT2D eigenvalue weighted by Crippen LogP contribution is -2.17. The zero-order chi connectivity index (χ0) is 21.3. The van der Waals surface area contributed by atoms with Gasteiger partial charge in [-0.2, -0.15) is 0 Å². The summed E-state index contributed by atoms with van der Waals surface area (Å²) in [6.45, 7) is 4.41. The number of para-hydroxylation sites is 1. The Morgan fingerprint density at radius 3 is 2.59 bits per heavy atom. The molecule has 3 aromatic rings. The fourth-order valence-electron chi connectivity index (χ4n) is 3.30. The Hall–Kier alpha value is -2.26. The summed E-state index contributed by atoms with van der Waals surface area (Å²) in [5.74, 6) is -0.438. The van der Waals surface area contributed by atoms with Crippen molar-refractivity contribution in [3.8, 4) is 22.8 Å². The van der Waals surface area contributed by atoms with Crippen molar-refractivity contribution in [1.29, 1.82) is 0 Å². The standard InChI is InChI=1S/C20H20BrF3N2O3/c1-11-8-15-18(14(21)9-26(15)12(2)10-27-3)25-17(11)13-6-5-7-16(19(13)28-4)29-20(22,23)24/h5-9,12H,10H2,1-4H3/t12-/m0/s1. The molecule has 0 N–H and O–H groups in total. The number of benzene rings is 1. The number of methoxy groups -OCH3 is 2. The lowest BCUT2D eigenvalue weighted by Gasteiger charge is -2.17. The molecule has 0 bridgehead atoms. The fraction of sp³-hybridized carbons (Fsp3) is 0.350. The van der Waals surface area contributed by atoms with Gasteiger partial charge in [0.2, 0.25) is 0 Å². The van der Waals surface area contributed by atoms with Gasteiger partial charge in [-0.15, -0.1) is 13.2 Å². The van der Waals surface area contributed by atoms with E-state index in [1.165, 1.54) is 19.2 Å². The molecule has 3 rings (SSSR count). The van der Waals surface area contributed by atoms with E-state index in [1.54, 1.807) is 13.2 Å². The number of ether oxygens (including phenoxy) is 3. The highest BCUT2D eigenvalue weighted by Crippen LogP contribution is 2.42. The molecule has 2 aromatic heterocycles. The lowest BCUT2D eigenvalue weighted by atomic mass is 10.0. The van der Waals surface area contributed by atoms with Crippen LogP contribution in [0.2, 0.25) is 0 Å². The van der Waals surface area contributed by atoms with E-state index in [1.807, 2.05) is 30.7 Å². The monoisotopic (exact) mass is 472 g/mol. The highest BCUT2D eigenvalue weighted by atomic mass is 79.9. The summed E-state index contributed by atoms with van der Waals surface area (Å²) in [5.41, 5.74) is 3.30. The minimum Gasteiger partial charge on any atom is -0.492 e. The van der Waals surface area contributed by atoms with Crippen molar-refractivity contribution in [3.63, 3.8) is 0 Å². The van der Waals surface area contributed by atoms with Gasteiger partial charge >= 0.3 is 6.36 Å². The Balaban J connectivity index is 2.17. The van der Waals surface area contributed by atoms with E-state index in [0.29, 0.717) is 23.4 Å². The second-order valence-electron chi connectivity index (χ2n) is 6.60. The molecule has 0 unspecified atom stereocenters. The quantitative estimate of drug-likeness (QED) is 0.448. The van der Waals surface area contributed by atoms with Crippen LogP contribution in [0.15, 0.2) is 34.9 Å². The van der Waals surface area contributed by atoms with Gasteiger partial charge in [-0.1, -0.05) is 6.07 Å². The smallest absolute Gasteiger partial charge is 0.492 e. The van der Waals surface area contributed by atoms with Crippen LogP contribution in [0.4, 0.5) is 13.2 Å². The van der Waals surface area contributed by atoms with Crippen molar-refractivity contribution in [2.75, 3.05) is 20.8 Å². The Kier molecular flexibility index (Phi) is 6.09. The van der Waals surface area contributed by atoms with Crippen LogP contribution >= 0.6 is 15.9 Å². The van der Waals surface area contributed by atoms with Crippen LogP contribution in [0.3, 0.4) is 0 Å². The molecule has 1 atom stereocenters. The average molecular weight is 473 g/mol. The molecule has 0 aliphatic carbocycles. The molecule has 0 saturated carbocycles. The second kappa shape index (κ2) is 8.23. The van der Waals surface area contributed by atoms with Gasteiger partial charge in [0.15, 0.2) is 11.5 Å². The number of alkyl halides is 3. The highest BCUT2D eigenvalue weighted by molar-refractivity contribution is 9.10. The van der Waals surface area contributed by atoms with Gasteiger partial charge < -0.3 is 18.8 Å². The van der Waals surface area contributed by atoms with Crippen molar-refractivity contribution >= 4 is 27.0 Å². The van der Waals surface area contributed by atoms with Gasteiger partial charge in [-0.05, 0) is 53.5 Å². The summed E-state index contributed by atoms with van der Waals surface area (Å²) in [4.78, 5) is 4.73. The van der Waals surface area contributed by atoms with Crippen LogP contribution < -0.4 is 9.47 Å². The predicted molar refractivity (Wildman–Crippen MR) is 107 cm³/mol. The van der Waals surface area contributed by atoms with Crippen molar-refractivity contribution < 1.29 is 27.4 Å². The van der Waals surface area contributed by atoms with Crippen LogP contribution in [0.25, 0.3) is 22.3 Å². The number of hydrogen-bond acceptors (Lipinski definition) is 4. The number of aryl methyl sites for hydroxylation is 1. The fourth-order valence-corrected chi connectivity index (χ4v) is 3.81. The Bertz CT molecular complexity index is 1030. The Morgan fingerprint density at radius 1 is 1.24 bits per heavy atom. The maximum Gasteiger partial charge on any atom is 0.573 e. The van der Waals surface area contributed by atoms with E-state index in [-0.39, 0.29) is 11.8 Å². The van der Waals surface area contributed by atoms with E-state index in [4.69, 9.17) is 14.5 Å². The van der Waals surface area contributed by atoms with Crippen molar-refractivity contribution in [1.82, 2.24) is 9.55 Å².